The van der Waals surface area contributed by atoms with E-state index in [1.165, 1.54) is 14.2 Å². The van der Waals surface area contributed by atoms with E-state index in [0.717, 1.165) is 49.0 Å². The van der Waals surface area contributed by atoms with Crippen molar-refractivity contribution in [2.75, 3.05) is 27.3 Å². The molecule has 2 aromatic carbocycles. The van der Waals surface area contributed by atoms with Gasteiger partial charge in [-0.25, -0.2) is 19.8 Å². The molecule has 2 fully saturated rings. The lowest BCUT2D eigenvalue weighted by atomic mass is 10.1. The molecule has 2 aromatic heterocycles. The topological polar surface area (TPSA) is 167 Å². The van der Waals surface area contributed by atoms with Gasteiger partial charge in [0.2, 0.25) is 6.40 Å². The Bertz CT molecular complexity index is 1740. The number of likely N-dealkylation sites (tertiary alicyclic amines) is 2. The Morgan fingerprint density at radius 3 is 1.96 bits per heavy atom. The molecule has 2 saturated heterocycles. The summed E-state index contributed by atoms with van der Waals surface area (Å²) < 4.78 is 4.80. The Morgan fingerprint density at radius 1 is 0.857 bits per heavy atom. The molecule has 0 aliphatic carbocycles. The molecular formula is C35H40N8O6. The second-order valence-corrected chi connectivity index (χ2v) is 12.0. The third kappa shape index (κ3) is 7.64. The fraction of sp³-hybridized carbons (Fsp3) is 0.371. The molecule has 0 radical (unpaired) electrons. The predicted molar refractivity (Wildman–Crippen MR) is 178 cm³/mol. The molecule has 4 aromatic rings. The number of imidazole rings is 2. The number of aliphatic imine (C=N–C) groups is 1. The maximum atomic E-state index is 13.8. The van der Waals surface area contributed by atoms with Crippen LogP contribution in [0.25, 0.3) is 0 Å². The monoisotopic (exact) mass is 668 g/mol. The van der Waals surface area contributed by atoms with Crippen LogP contribution in [0.5, 0.6) is 0 Å². The second kappa shape index (κ2) is 15.6. The molecule has 2 aliphatic rings. The first-order chi connectivity index (χ1) is 24.0. The molecule has 6 rings (SSSR count). The zero-order valence-corrected chi connectivity index (χ0v) is 27.5. The van der Waals surface area contributed by atoms with Crippen LogP contribution < -0.4 is 5.32 Å². The molecule has 0 spiro atoms. The summed E-state index contributed by atoms with van der Waals surface area (Å²) in [7, 11) is 2.65. The molecule has 256 valence electrons. The number of ether oxygens (including phenoxy) is 1. The average molecular weight is 669 g/mol. The molecular weight excluding hydrogens is 628 g/mol. The SMILES string of the molecule is COO/C=N\[C@@H](C(=O)N1CCC[C@H]1c1ncc(Cc2cnc([C@@H]3CCCN3C(=O)[C@H](NC(=O)OC)c3ccccc3)[nH]2)[nH]1)c1ccccc1. The zero-order valence-electron chi connectivity index (χ0n) is 27.5. The van der Waals surface area contributed by atoms with E-state index >= 15 is 0 Å². The number of methoxy groups -OCH3 is 1. The summed E-state index contributed by atoms with van der Waals surface area (Å²) in [5.41, 5.74) is 3.14. The number of hydrogen-bond acceptors (Lipinski definition) is 9. The van der Waals surface area contributed by atoms with Gasteiger partial charge in [0.05, 0.1) is 26.3 Å². The number of carbonyl (C=O) groups excluding carboxylic acids is 3. The van der Waals surface area contributed by atoms with Gasteiger partial charge in [0.1, 0.15) is 17.7 Å². The summed E-state index contributed by atoms with van der Waals surface area (Å²) in [6.07, 6.45) is 7.68. The molecule has 4 atom stereocenters. The molecule has 0 saturated carbocycles. The van der Waals surface area contributed by atoms with Crippen molar-refractivity contribution in [2.45, 2.75) is 56.3 Å². The van der Waals surface area contributed by atoms with Gasteiger partial charge in [0.25, 0.3) is 11.8 Å². The van der Waals surface area contributed by atoms with Crippen LogP contribution in [0.15, 0.2) is 78.0 Å². The minimum absolute atomic E-state index is 0.146. The van der Waals surface area contributed by atoms with Crippen molar-refractivity contribution >= 4 is 24.3 Å². The van der Waals surface area contributed by atoms with Crippen molar-refractivity contribution in [2.24, 2.45) is 4.99 Å². The maximum Gasteiger partial charge on any atom is 0.407 e. The Balaban J connectivity index is 1.14. The van der Waals surface area contributed by atoms with Crippen LogP contribution in [0.3, 0.4) is 0 Å². The summed E-state index contributed by atoms with van der Waals surface area (Å²) >= 11 is 0. The second-order valence-electron chi connectivity index (χ2n) is 12.0. The van der Waals surface area contributed by atoms with E-state index in [9.17, 15) is 14.4 Å². The van der Waals surface area contributed by atoms with Crippen molar-refractivity contribution in [3.05, 3.63) is 107 Å². The van der Waals surface area contributed by atoms with Gasteiger partial charge in [-0.1, -0.05) is 60.7 Å². The highest BCUT2D eigenvalue weighted by Gasteiger charge is 2.38. The van der Waals surface area contributed by atoms with Crippen LogP contribution in [0, 0.1) is 0 Å². The fourth-order valence-electron chi connectivity index (χ4n) is 6.60. The Kier molecular flexibility index (Phi) is 10.6. The quantitative estimate of drug-likeness (QED) is 0.0859. The van der Waals surface area contributed by atoms with Gasteiger partial charge in [0.15, 0.2) is 6.04 Å². The van der Waals surface area contributed by atoms with Crippen molar-refractivity contribution in [1.82, 2.24) is 35.1 Å². The third-order valence-electron chi connectivity index (χ3n) is 8.91. The van der Waals surface area contributed by atoms with Gasteiger partial charge in [-0.2, -0.15) is 4.89 Å². The number of alkyl carbamates (subject to hydrolysis) is 1. The van der Waals surface area contributed by atoms with Gasteiger partial charge < -0.3 is 34.7 Å². The smallest absolute Gasteiger partial charge is 0.407 e. The van der Waals surface area contributed by atoms with Crippen molar-refractivity contribution in [1.29, 1.82) is 0 Å². The number of aromatic amines is 2. The largest absolute Gasteiger partial charge is 0.453 e. The number of nitrogens with one attached hydrogen (secondary N) is 3. The number of nitrogens with zero attached hydrogens (tertiary/aromatic N) is 5. The van der Waals surface area contributed by atoms with Crippen LogP contribution in [-0.4, -0.2) is 81.4 Å². The first-order valence-corrected chi connectivity index (χ1v) is 16.3. The highest BCUT2D eigenvalue weighted by atomic mass is 17.2. The summed E-state index contributed by atoms with van der Waals surface area (Å²) in [6.45, 7) is 1.13. The molecule has 4 heterocycles. The number of hydrogen-bond donors (Lipinski definition) is 3. The van der Waals surface area contributed by atoms with Crippen LogP contribution >= 0.6 is 0 Å². The predicted octanol–water partition coefficient (Wildman–Crippen LogP) is 4.50. The molecule has 3 amide bonds. The molecule has 49 heavy (non-hydrogen) atoms. The van der Waals surface area contributed by atoms with E-state index in [2.05, 4.69) is 35.1 Å². The Morgan fingerprint density at radius 2 is 1.41 bits per heavy atom. The van der Waals surface area contributed by atoms with Gasteiger partial charge in [-0.05, 0) is 36.8 Å². The maximum absolute atomic E-state index is 13.8. The number of aromatic nitrogens is 4. The number of rotatable bonds is 12. The normalized spacial score (nSPS) is 18.8. The van der Waals surface area contributed by atoms with Gasteiger partial charge >= 0.3 is 6.09 Å². The highest BCUT2D eigenvalue weighted by molar-refractivity contribution is 5.87. The molecule has 14 heteroatoms. The third-order valence-corrected chi connectivity index (χ3v) is 8.91. The summed E-state index contributed by atoms with van der Waals surface area (Å²) in [5, 5.41) is 2.69. The van der Waals surface area contributed by atoms with Crippen molar-refractivity contribution < 1.29 is 28.9 Å². The van der Waals surface area contributed by atoms with E-state index in [1.54, 1.807) is 17.3 Å². The van der Waals surface area contributed by atoms with Crippen molar-refractivity contribution in [3.63, 3.8) is 0 Å². The summed E-state index contributed by atoms with van der Waals surface area (Å²) in [5.74, 6) is 1.02. The van der Waals surface area contributed by atoms with Gasteiger partial charge in [-0.15, -0.1) is 0 Å². The lowest BCUT2D eigenvalue weighted by Crippen LogP contribution is -2.42. The number of H-pyrrole nitrogens is 2. The minimum Gasteiger partial charge on any atom is -0.453 e. The summed E-state index contributed by atoms with van der Waals surface area (Å²) in [6, 6.07) is 16.3. The number of benzene rings is 2. The Hall–Kier alpha value is -5.50. The van der Waals surface area contributed by atoms with Crippen LogP contribution in [0.1, 0.15) is 84.0 Å². The lowest BCUT2D eigenvalue weighted by Gasteiger charge is -2.28. The van der Waals surface area contributed by atoms with Crippen molar-refractivity contribution in [3.8, 4) is 0 Å². The number of amides is 3. The molecule has 2 aliphatic heterocycles. The molecule has 14 nitrogen and oxygen atoms in total. The van der Waals surface area contributed by atoms with Crippen LogP contribution in [0.2, 0.25) is 0 Å². The molecule has 3 N–H and O–H groups in total. The molecule has 0 bridgehead atoms. The Labute approximate surface area is 283 Å². The van der Waals surface area contributed by atoms with E-state index in [0.29, 0.717) is 36.7 Å². The lowest BCUT2D eigenvalue weighted by molar-refractivity contribution is -0.188. The van der Waals surface area contributed by atoms with E-state index in [-0.39, 0.29) is 23.9 Å². The van der Waals surface area contributed by atoms with Crippen LogP contribution in [0.4, 0.5) is 4.79 Å². The fourth-order valence-corrected chi connectivity index (χ4v) is 6.60. The van der Waals surface area contributed by atoms with E-state index in [4.69, 9.17) is 9.62 Å². The van der Waals surface area contributed by atoms with E-state index in [1.807, 2.05) is 65.6 Å². The molecule has 0 unspecified atom stereocenters. The summed E-state index contributed by atoms with van der Waals surface area (Å²) in [4.78, 5) is 73.4. The van der Waals surface area contributed by atoms with Gasteiger partial charge in [-0.3, -0.25) is 9.59 Å². The highest BCUT2D eigenvalue weighted by Crippen LogP contribution is 2.35. The first kappa shape index (κ1) is 33.4. The average Bonchev–Trinajstić information content (AvgIpc) is 3.97. The zero-order chi connectivity index (χ0) is 34.2. The standard InChI is InChI=1S/C35H40N8O6/c1-47-35(46)41-30(24-13-7-4-8-14-24)34(45)43-18-10-16-28(43)32-37-21-26(40-32)19-25-20-36-31(39-25)27-15-9-17-42(27)33(44)29(38-22-49-48-2)23-11-5-3-6-12-23/h3-8,11-14,20-22,27-30H,9-10,15-19H2,1-2H3,(H,36,39)(H,37,40)(H,41,46)/b38-22-/t27-,28-,29+,30+/m0/s1. The van der Waals surface area contributed by atoms with Crippen LogP contribution in [-0.2, 0) is 30.5 Å². The van der Waals surface area contributed by atoms with E-state index < -0.39 is 18.2 Å². The van der Waals surface area contributed by atoms with Gasteiger partial charge in [0, 0.05) is 43.3 Å². The number of carbonyl (C=O) groups is 3. The minimum atomic E-state index is -0.886. The first-order valence-electron chi connectivity index (χ1n) is 16.3.